The van der Waals surface area contributed by atoms with Gasteiger partial charge >= 0.3 is 0 Å². The Balaban J connectivity index is 2.68. The molecule has 0 spiro atoms. The summed E-state index contributed by atoms with van der Waals surface area (Å²) in [6.07, 6.45) is 1.69. The molecular formula is C11H10ClNO. The second kappa shape index (κ2) is 3.84. The lowest BCUT2D eigenvalue weighted by atomic mass is 10.1. The zero-order valence-electron chi connectivity index (χ0n) is 7.83. The monoisotopic (exact) mass is 207 g/mol. The Morgan fingerprint density at radius 1 is 1.29 bits per heavy atom. The average Bonchev–Trinajstić information content (AvgIpc) is 2.20. The number of hydrogen-bond acceptors (Lipinski definition) is 2. The molecule has 0 bridgehead atoms. The van der Waals surface area contributed by atoms with Crippen molar-refractivity contribution in [1.82, 2.24) is 4.98 Å². The van der Waals surface area contributed by atoms with Gasteiger partial charge in [-0.05, 0) is 19.1 Å². The number of nitrogens with zero attached hydrogens (tertiary/aromatic N) is 1. The third-order valence-corrected chi connectivity index (χ3v) is 2.32. The number of rotatable bonds is 2. The summed E-state index contributed by atoms with van der Waals surface area (Å²) in [7, 11) is 0. The number of benzene rings is 1. The molecule has 2 aromatic rings. The van der Waals surface area contributed by atoms with Gasteiger partial charge in [-0.15, -0.1) is 0 Å². The molecule has 1 aromatic heterocycles. The molecule has 0 amide bonds. The van der Waals surface area contributed by atoms with Crippen LogP contribution in [-0.2, 0) is 0 Å². The van der Waals surface area contributed by atoms with E-state index in [1.807, 2.05) is 31.2 Å². The quantitative estimate of drug-likeness (QED) is 0.705. The van der Waals surface area contributed by atoms with E-state index in [-0.39, 0.29) is 0 Å². The smallest absolute Gasteiger partial charge is 0.136 e. The van der Waals surface area contributed by atoms with Crippen molar-refractivity contribution in [2.24, 2.45) is 0 Å². The number of ether oxygens (including phenoxy) is 1. The number of pyridine rings is 1. The number of hydrogen-bond donors (Lipinski definition) is 0. The molecular weight excluding hydrogens is 198 g/mol. The molecule has 0 unspecified atom stereocenters. The van der Waals surface area contributed by atoms with Gasteiger partial charge < -0.3 is 4.74 Å². The first-order valence-corrected chi connectivity index (χ1v) is 4.86. The van der Waals surface area contributed by atoms with Gasteiger partial charge in [0.25, 0.3) is 0 Å². The second-order valence-electron chi connectivity index (χ2n) is 2.89. The number of halogens is 1. The van der Waals surface area contributed by atoms with Gasteiger partial charge in [-0.2, -0.15) is 0 Å². The maximum Gasteiger partial charge on any atom is 0.136 e. The van der Waals surface area contributed by atoms with Crippen LogP contribution in [0, 0.1) is 0 Å². The Kier molecular flexibility index (Phi) is 2.55. The van der Waals surface area contributed by atoms with Crippen molar-refractivity contribution in [2.75, 3.05) is 6.61 Å². The van der Waals surface area contributed by atoms with Gasteiger partial charge in [0.15, 0.2) is 0 Å². The van der Waals surface area contributed by atoms with E-state index in [9.17, 15) is 0 Å². The van der Waals surface area contributed by atoms with Crippen molar-refractivity contribution in [3.05, 3.63) is 35.6 Å². The van der Waals surface area contributed by atoms with Crippen LogP contribution in [0.1, 0.15) is 6.92 Å². The summed E-state index contributed by atoms with van der Waals surface area (Å²) in [6.45, 7) is 2.61. The lowest BCUT2D eigenvalue weighted by Gasteiger charge is -2.07. The first-order valence-electron chi connectivity index (χ1n) is 4.49. The largest absolute Gasteiger partial charge is 0.493 e. The van der Waals surface area contributed by atoms with Crippen LogP contribution in [0.2, 0.25) is 5.15 Å². The minimum Gasteiger partial charge on any atom is -0.493 e. The standard InChI is InChI=1S/C11H10ClNO/c1-2-14-10-5-3-4-9-8(10)6-7-13-11(9)12/h3-7H,2H2,1H3. The van der Waals surface area contributed by atoms with Crippen molar-refractivity contribution in [2.45, 2.75) is 6.92 Å². The highest BCUT2D eigenvalue weighted by Gasteiger charge is 2.03. The normalized spacial score (nSPS) is 10.4. The molecule has 0 aliphatic rings. The fourth-order valence-electron chi connectivity index (χ4n) is 1.42. The SMILES string of the molecule is CCOc1cccc2c(Cl)nccc12. The van der Waals surface area contributed by atoms with Crippen molar-refractivity contribution >= 4 is 22.4 Å². The van der Waals surface area contributed by atoms with E-state index in [0.717, 1.165) is 16.5 Å². The Labute approximate surface area is 87.5 Å². The van der Waals surface area contributed by atoms with E-state index in [1.54, 1.807) is 6.20 Å². The fraction of sp³-hybridized carbons (Fsp3) is 0.182. The Morgan fingerprint density at radius 2 is 2.14 bits per heavy atom. The van der Waals surface area contributed by atoms with Crippen molar-refractivity contribution in [3.8, 4) is 5.75 Å². The maximum atomic E-state index is 5.96. The molecule has 0 fully saturated rings. The van der Waals surface area contributed by atoms with Crippen molar-refractivity contribution < 1.29 is 4.74 Å². The minimum absolute atomic E-state index is 0.518. The van der Waals surface area contributed by atoms with Crippen LogP contribution in [-0.4, -0.2) is 11.6 Å². The summed E-state index contributed by atoms with van der Waals surface area (Å²) in [6, 6.07) is 7.70. The molecule has 0 atom stereocenters. The van der Waals surface area contributed by atoms with Crippen LogP contribution >= 0.6 is 11.6 Å². The predicted octanol–water partition coefficient (Wildman–Crippen LogP) is 3.29. The molecule has 72 valence electrons. The molecule has 0 aliphatic heterocycles. The van der Waals surface area contributed by atoms with E-state index < -0.39 is 0 Å². The van der Waals surface area contributed by atoms with Gasteiger partial charge in [-0.3, -0.25) is 0 Å². The molecule has 1 heterocycles. The number of aromatic nitrogens is 1. The Hall–Kier alpha value is -1.28. The zero-order valence-corrected chi connectivity index (χ0v) is 8.58. The Bertz CT molecular complexity index is 456. The molecule has 2 rings (SSSR count). The van der Waals surface area contributed by atoms with Gasteiger partial charge in [-0.1, -0.05) is 23.7 Å². The van der Waals surface area contributed by atoms with Crippen LogP contribution in [0.3, 0.4) is 0 Å². The summed E-state index contributed by atoms with van der Waals surface area (Å²) < 4.78 is 5.49. The van der Waals surface area contributed by atoms with Crippen LogP contribution in [0.5, 0.6) is 5.75 Å². The molecule has 14 heavy (non-hydrogen) atoms. The summed E-state index contributed by atoms with van der Waals surface area (Å²) >= 11 is 5.96. The lowest BCUT2D eigenvalue weighted by Crippen LogP contribution is -1.92. The first-order chi connectivity index (χ1) is 6.83. The minimum atomic E-state index is 0.518. The predicted molar refractivity (Wildman–Crippen MR) is 57.9 cm³/mol. The highest BCUT2D eigenvalue weighted by Crippen LogP contribution is 2.28. The van der Waals surface area contributed by atoms with Gasteiger partial charge in [0.2, 0.25) is 0 Å². The fourth-order valence-corrected chi connectivity index (χ4v) is 1.65. The number of fused-ring (bicyclic) bond motifs is 1. The first kappa shape index (κ1) is 9.28. The van der Waals surface area contributed by atoms with E-state index >= 15 is 0 Å². The van der Waals surface area contributed by atoms with Crippen LogP contribution in [0.25, 0.3) is 10.8 Å². The van der Waals surface area contributed by atoms with E-state index in [0.29, 0.717) is 11.8 Å². The molecule has 2 nitrogen and oxygen atoms in total. The van der Waals surface area contributed by atoms with Crippen LogP contribution < -0.4 is 4.74 Å². The van der Waals surface area contributed by atoms with E-state index in [2.05, 4.69) is 4.98 Å². The van der Waals surface area contributed by atoms with E-state index in [4.69, 9.17) is 16.3 Å². The molecule has 0 N–H and O–H groups in total. The summed E-state index contributed by atoms with van der Waals surface area (Å²) in [5, 5.41) is 2.46. The zero-order chi connectivity index (χ0) is 9.97. The van der Waals surface area contributed by atoms with Gasteiger partial charge in [0.1, 0.15) is 10.9 Å². The topological polar surface area (TPSA) is 22.1 Å². The molecule has 0 radical (unpaired) electrons. The molecule has 0 saturated heterocycles. The summed E-state index contributed by atoms with van der Waals surface area (Å²) in [5.74, 6) is 0.856. The van der Waals surface area contributed by atoms with Gasteiger partial charge in [-0.25, -0.2) is 4.98 Å². The average molecular weight is 208 g/mol. The highest BCUT2D eigenvalue weighted by molar-refractivity contribution is 6.34. The van der Waals surface area contributed by atoms with E-state index in [1.165, 1.54) is 0 Å². The van der Waals surface area contributed by atoms with Crippen LogP contribution in [0.15, 0.2) is 30.5 Å². The summed E-state index contributed by atoms with van der Waals surface area (Å²) in [5.41, 5.74) is 0. The maximum absolute atomic E-state index is 5.96. The van der Waals surface area contributed by atoms with Crippen LogP contribution in [0.4, 0.5) is 0 Å². The van der Waals surface area contributed by atoms with Gasteiger partial charge in [0, 0.05) is 17.0 Å². The van der Waals surface area contributed by atoms with Crippen molar-refractivity contribution in [3.63, 3.8) is 0 Å². The Morgan fingerprint density at radius 3 is 2.93 bits per heavy atom. The molecule has 3 heteroatoms. The molecule has 0 aliphatic carbocycles. The molecule has 1 aromatic carbocycles. The second-order valence-corrected chi connectivity index (χ2v) is 3.24. The third kappa shape index (κ3) is 1.53. The third-order valence-electron chi connectivity index (χ3n) is 2.02. The highest BCUT2D eigenvalue weighted by atomic mass is 35.5. The summed E-state index contributed by atoms with van der Waals surface area (Å²) in [4.78, 5) is 4.02. The lowest BCUT2D eigenvalue weighted by molar-refractivity contribution is 0.344. The van der Waals surface area contributed by atoms with Crippen molar-refractivity contribution in [1.29, 1.82) is 0 Å². The van der Waals surface area contributed by atoms with Gasteiger partial charge in [0.05, 0.1) is 6.61 Å². The molecule has 0 saturated carbocycles.